The van der Waals surface area contributed by atoms with Crippen molar-refractivity contribution in [3.63, 3.8) is 0 Å². The van der Waals surface area contributed by atoms with Crippen LogP contribution in [0.4, 0.5) is 5.69 Å². The fourth-order valence-electron chi connectivity index (χ4n) is 1.59. The van der Waals surface area contributed by atoms with Crippen molar-refractivity contribution in [3.8, 4) is 0 Å². The van der Waals surface area contributed by atoms with Gasteiger partial charge in [0.15, 0.2) is 0 Å². The number of rotatable bonds is 3. The van der Waals surface area contributed by atoms with Gasteiger partial charge in [-0.2, -0.15) is 0 Å². The molecule has 0 saturated heterocycles. The average molecular weight is 263 g/mol. The van der Waals surface area contributed by atoms with E-state index in [1.807, 2.05) is 6.07 Å². The largest absolute Gasteiger partial charge is 0.389 e. The van der Waals surface area contributed by atoms with E-state index in [1.165, 1.54) is 0 Å². The van der Waals surface area contributed by atoms with Gasteiger partial charge < -0.3 is 10.4 Å². The minimum absolute atomic E-state index is 0.254. The number of aliphatic hydroxyl groups excluding tert-OH is 1. The number of nitrogens with one attached hydrogen (secondary N) is 1. The third kappa shape index (κ3) is 2.55. The van der Waals surface area contributed by atoms with Crippen LogP contribution in [0.5, 0.6) is 0 Å². The molecule has 1 aromatic heterocycles. The van der Waals surface area contributed by atoms with Crippen LogP contribution in [0.15, 0.2) is 24.3 Å². The zero-order chi connectivity index (χ0) is 13.1. The van der Waals surface area contributed by atoms with Crippen LogP contribution in [0.2, 0.25) is 0 Å². The lowest BCUT2D eigenvalue weighted by Gasteiger charge is -2.12. The lowest BCUT2D eigenvalue weighted by molar-refractivity contribution is 0.102. The van der Waals surface area contributed by atoms with Gasteiger partial charge in [0.25, 0.3) is 5.91 Å². The molecule has 94 valence electrons. The van der Waals surface area contributed by atoms with Crippen LogP contribution in [0, 0.1) is 6.92 Å². The highest BCUT2D eigenvalue weighted by molar-refractivity contribution is 7.08. The van der Waals surface area contributed by atoms with E-state index in [-0.39, 0.29) is 5.91 Å². The lowest BCUT2D eigenvalue weighted by atomic mass is 10.1. The summed E-state index contributed by atoms with van der Waals surface area (Å²) >= 11 is 1.06. The second-order valence-electron chi connectivity index (χ2n) is 3.90. The summed E-state index contributed by atoms with van der Waals surface area (Å²) in [6, 6.07) is 7.15. The average Bonchev–Trinajstić information content (AvgIpc) is 2.76. The molecule has 1 atom stereocenters. The Hall–Kier alpha value is -1.79. The topological polar surface area (TPSA) is 75.1 Å². The molecule has 1 heterocycles. The van der Waals surface area contributed by atoms with Gasteiger partial charge in [0.2, 0.25) is 0 Å². The van der Waals surface area contributed by atoms with E-state index in [0.717, 1.165) is 11.5 Å². The molecular weight excluding hydrogens is 250 g/mol. The number of hydrogen-bond acceptors (Lipinski definition) is 5. The first kappa shape index (κ1) is 12.7. The summed E-state index contributed by atoms with van der Waals surface area (Å²) in [6.45, 7) is 3.39. The van der Waals surface area contributed by atoms with Crippen molar-refractivity contribution in [2.24, 2.45) is 0 Å². The van der Waals surface area contributed by atoms with Crippen LogP contribution in [0.25, 0.3) is 0 Å². The van der Waals surface area contributed by atoms with Crippen LogP contribution < -0.4 is 5.32 Å². The zero-order valence-corrected chi connectivity index (χ0v) is 10.9. The summed E-state index contributed by atoms with van der Waals surface area (Å²) < 4.78 is 3.72. The molecule has 2 N–H and O–H groups in total. The predicted molar refractivity (Wildman–Crippen MR) is 69.7 cm³/mol. The monoisotopic (exact) mass is 263 g/mol. The number of anilines is 1. The molecule has 0 bridgehead atoms. The molecule has 1 aromatic carbocycles. The summed E-state index contributed by atoms with van der Waals surface area (Å²) in [7, 11) is 0. The molecule has 6 heteroatoms. The number of aromatic nitrogens is 2. The summed E-state index contributed by atoms with van der Waals surface area (Å²) in [5.74, 6) is -0.254. The Morgan fingerprint density at radius 3 is 2.78 bits per heavy atom. The number of carbonyl (C=O) groups is 1. The maximum absolute atomic E-state index is 12.0. The maximum Gasteiger partial charge on any atom is 0.269 e. The maximum atomic E-state index is 12.0. The predicted octanol–water partition coefficient (Wildman–Crippen LogP) is 2.15. The van der Waals surface area contributed by atoms with Gasteiger partial charge in [0.05, 0.1) is 11.8 Å². The summed E-state index contributed by atoms with van der Waals surface area (Å²) in [4.78, 5) is 12.5. The van der Waals surface area contributed by atoms with Crippen molar-refractivity contribution >= 4 is 23.1 Å². The molecule has 1 amide bonds. The third-order valence-electron chi connectivity index (χ3n) is 2.52. The summed E-state index contributed by atoms with van der Waals surface area (Å²) in [5, 5.41) is 16.2. The van der Waals surface area contributed by atoms with Crippen LogP contribution in [0.3, 0.4) is 0 Å². The van der Waals surface area contributed by atoms with Gasteiger partial charge in [-0.1, -0.05) is 22.7 Å². The fourth-order valence-corrected chi connectivity index (χ4v) is 2.15. The normalized spacial score (nSPS) is 12.2. The van der Waals surface area contributed by atoms with E-state index in [4.69, 9.17) is 0 Å². The number of benzene rings is 1. The van der Waals surface area contributed by atoms with Crippen molar-refractivity contribution in [2.75, 3.05) is 5.32 Å². The Morgan fingerprint density at radius 2 is 2.17 bits per heavy atom. The first-order valence-corrected chi connectivity index (χ1v) is 6.24. The van der Waals surface area contributed by atoms with Crippen LogP contribution in [-0.4, -0.2) is 20.6 Å². The van der Waals surface area contributed by atoms with Crippen molar-refractivity contribution in [2.45, 2.75) is 20.0 Å². The first-order valence-electron chi connectivity index (χ1n) is 5.47. The first-order chi connectivity index (χ1) is 8.59. The van der Waals surface area contributed by atoms with Gasteiger partial charge in [0, 0.05) is 11.3 Å². The van der Waals surface area contributed by atoms with Gasteiger partial charge in [-0.3, -0.25) is 4.79 Å². The summed E-state index contributed by atoms with van der Waals surface area (Å²) in [5.41, 5.74) is 1.89. The van der Waals surface area contributed by atoms with E-state index in [2.05, 4.69) is 14.9 Å². The van der Waals surface area contributed by atoms with Gasteiger partial charge >= 0.3 is 0 Å². The van der Waals surface area contributed by atoms with Gasteiger partial charge in [-0.25, -0.2) is 0 Å². The van der Waals surface area contributed by atoms with E-state index >= 15 is 0 Å². The minimum Gasteiger partial charge on any atom is -0.389 e. The molecule has 0 fully saturated rings. The van der Waals surface area contributed by atoms with E-state index in [0.29, 0.717) is 21.8 Å². The van der Waals surface area contributed by atoms with Crippen LogP contribution >= 0.6 is 11.5 Å². The molecule has 0 aliphatic carbocycles. The third-order valence-corrected chi connectivity index (χ3v) is 3.34. The number of aliphatic hydroxyl groups is 1. The number of aryl methyl sites for hydroxylation is 1. The molecule has 2 rings (SSSR count). The number of hydrogen-bond donors (Lipinski definition) is 2. The number of para-hydroxylation sites is 1. The second-order valence-corrected chi connectivity index (χ2v) is 4.66. The fraction of sp³-hybridized carbons (Fsp3) is 0.250. The number of nitrogens with zero attached hydrogens (tertiary/aromatic N) is 2. The number of carbonyl (C=O) groups excluding carboxylic acids is 1. The molecular formula is C12H13N3O2S. The molecule has 2 aromatic rings. The van der Waals surface area contributed by atoms with E-state index in [1.54, 1.807) is 32.0 Å². The van der Waals surface area contributed by atoms with Crippen molar-refractivity contribution in [3.05, 3.63) is 40.4 Å². The van der Waals surface area contributed by atoms with Gasteiger partial charge in [0.1, 0.15) is 4.88 Å². The Labute approximate surface area is 109 Å². The molecule has 0 aliphatic heterocycles. The van der Waals surface area contributed by atoms with Crippen LogP contribution in [0.1, 0.15) is 34.0 Å². The Balaban J connectivity index is 2.25. The zero-order valence-electron chi connectivity index (χ0n) is 10.0. The van der Waals surface area contributed by atoms with Crippen molar-refractivity contribution < 1.29 is 9.90 Å². The number of amides is 1. The SMILES string of the molecule is Cc1nnsc1C(=O)Nc1ccccc1C(C)O. The Bertz CT molecular complexity index is 566. The molecule has 0 radical (unpaired) electrons. The van der Waals surface area contributed by atoms with Gasteiger partial charge in [-0.05, 0) is 31.4 Å². The summed E-state index contributed by atoms with van der Waals surface area (Å²) in [6.07, 6.45) is -0.637. The molecule has 0 saturated carbocycles. The molecule has 0 spiro atoms. The standard InChI is InChI=1S/C12H13N3O2S/c1-7-11(18-15-14-7)12(17)13-10-6-4-3-5-9(10)8(2)16/h3-6,8,16H,1-2H3,(H,13,17). The smallest absolute Gasteiger partial charge is 0.269 e. The molecule has 5 nitrogen and oxygen atoms in total. The quantitative estimate of drug-likeness (QED) is 0.889. The molecule has 0 aliphatic rings. The highest BCUT2D eigenvalue weighted by Crippen LogP contribution is 2.23. The Morgan fingerprint density at radius 1 is 1.44 bits per heavy atom. The highest BCUT2D eigenvalue weighted by atomic mass is 32.1. The minimum atomic E-state index is -0.637. The second kappa shape index (κ2) is 5.24. The van der Waals surface area contributed by atoms with E-state index < -0.39 is 6.10 Å². The van der Waals surface area contributed by atoms with Crippen molar-refractivity contribution in [1.29, 1.82) is 0 Å². The Kier molecular flexibility index (Phi) is 3.69. The molecule has 18 heavy (non-hydrogen) atoms. The van der Waals surface area contributed by atoms with E-state index in [9.17, 15) is 9.90 Å². The van der Waals surface area contributed by atoms with Gasteiger partial charge in [-0.15, -0.1) is 5.10 Å². The highest BCUT2D eigenvalue weighted by Gasteiger charge is 2.15. The van der Waals surface area contributed by atoms with Crippen molar-refractivity contribution in [1.82, 2.24) is 9.59 Å². The van der Waals surface area contributed by atoms with Crippen LogP contribution in [-0.2, 0) is 0 Å². The lowest BCUT2D eigenvalue weighted by Crippen LogP contribution is -2.13. The molecule has 1 unspecified atom stereocenters.